The maximum absolute atomic E-state index is 2.58. The molecule has 1 aliphatic rings. The van der Waals surface area contributed by atoms with Crippen molar-refractivity contribution in [3.63, 3.8) is 0 Å². The second-order valence-electron chi connectivity index (χ2n) is 3.56. The van der Waals surface area contributed by atoms with Crippen LogP contribution in [0.4, 0.5) is 0 Å². The van der Waals surface area contributed by atoms with Gasteiger partial charge in [-0.15, -0.1) is 0 Å². The molecule has 0 aliphatic carbocycles. The summed E-state index contributed by atoms with van der Waals surface area (Å²) < 4.78 is 0. The van der Waals surface area contributed by atoms with Gasteiger partial charge in [0.05, 0.1) is 0 Å². The van der Waals surface area contributed by atoms with Crippen LogP contribution in [0.2, 0.25) is 0 Å². The van der Waals surface area contributed by atoms with Gasteiger partial charge in [0.15, 0.2) is 0 Å². The normalized spacial score (nSPS) is 22.4. The SMILES string of the molecule is CCCCC(C)N1C[CH]CC1. The highest BCUT2D eigenvalue weighted by Gasteiger charge is 2.16. The van der Waals surface area contributed by atoms with Crippen LogP contribution in [0, 0.1) is 6.42 Å². The molecule has 1 nitrogen and oxygen atoms in total. The number of hydrogen-bond acceptors (Lipinski definition) is 1. The first-order valence-corrected chi connectivity index (χ1v) is 4.90. The molecule has 1 fully saturated rings. The average Bonchev–Trinajstić information content (AvgIpc) is 2.52. The molecule has 1 atom stereocenters. The summed E-state index contributed by atoms with van der Waals surface area (Å²) in [6, 6.07) is 0.814. The van der Waals surface area contributed by atoms with Gasteiger partial charge in [-0.2, -0.15) is 0 Å². The largest absolute Gasteiger partial charge is 0.300 e. The lowest BCUT2D eigenvalue weighted by molar-refractivity contribution is 0.247. The minimum atomic E-state index is 0.814. The molecule has 65 valence electrons. The van der Waals surface area contributed by atoms with Crippen molar-refractivity contribution in [2.24, 2.45) is 0 Å². The Kier molecular flexibility index (Phi) is 3.92. The van der Waals surface area contributed by atoms with E-state index in [1.165, 1.54) is 38.8 Å². The highest BCUT2D eigenvalue weighted by Crippen LogP contribution is 2.14. The number of unbranched alkanes of at least 4 members (excludes halogenated alkanes) is 1. The van der Waals surface area contributed by atoms with Gasteiger partial charge in [-0.05, 0) is 32.7 Å². The molecular formula is C10H20N. The van der Waals surface area contributed by atoms with Gasteiger partial charge in [-0.25, -0.2) is 0 Å². The zero-order chi connectivity index (χ0) is 8.10. The van der Waals surface area contributed by atoms with Gasteiger partial charge < -0.3 is 4.90 Å². The molecule has 0 N–H and O–H groups in total. The Bertz CT molecular complexity index is 95.0. The van der Waals surface area contributed by atoms with E-state index < -0.39 is 0 Å². The van der Waals surface area contributed by atoms with Crippen molar-refractivity contribution < 1.29 is 0 Å². The van der Waals surface area contributed by atoms with E-state index in [1.54, 1.807) is 0 Å². The van der Waals surface area contributed by atoms with E-state index >= 15 is 0 Å². The summed E-state index contributed by atoms with van der Waals surface area (Å²) in [7, 11) is 0. The minimum absolute atomic E-state index is 0.814. The van der Waals surface area contributed by atoms with Gasteiger partial charge in [-0.3, -0.25) is 0 Å². The van der Waals surface area contributed by atoms with Crippen LogP contribution < -0.4 is 0 Å². The quantitative estimate of drug-likeness (QED) is 0.601. The van der Waals surface area contributed by atoms with E-state index in [0.717, 1.165) is 6.04 Å². The first-order chi connectivity index (χ1) is 5.34. The van der Waals surface area contributed by atoms with E-state index in [4.69, 9.17) is 0 Å². The van der Waals surface area contributed by atoms with Crippen LogP contribution in [-0.4, -0.2) is 24.0 Å². The van der Waals surface area contributed by atoms with Crippen molar-refractivity contribution >= 4 is 0 Å². The van der Waals surface area contributed by atoms with Crippen molar-refractivity contribution in [3.8, 4) is 0 Å². The highest BCUT2D eigenvalue weighted by atomic mass is 15.2. The summed E-state index contributed by atoms with van der Waals surface area (Å²) in [5, 5.41) is 0. The Morgan fingerprint density at radius 3 is 2.91 bits per heavy atom. The molecule has 0 aromatic heterocycles. The minimum Gasteiger partial charge on any atom is -0.300 e. The third kappa shape index (κ3) is 2.82. The predicted octanol–water partition coefficient (Wildman–Crippen LogP) is 2.48. The standard InChI is InChI=1S/C10H20N/c1-3-4-7-10(2)11-8-5-6-9-11/h5,10H,3-4,6-9H2,1-2H3. The number of hydrogen-bond donors (Lipinski definition) is 0. The summed E-state index contributed by atoms with van der Waals surface area (Å²) >= 11 is 0. The van der Waals surface area contributed by atoms with E-state index in [9.17, 15) is 0 Å². The molecule has 0 aromatic rings. The fourth-order valence-electron chi connectivity index (χ4n) is 1.69. The first kappa shape index (κ1) is 9.05. The molecule has 1 unspecified atom stereocenters. The first-order valence-electron chi connectivity index (χ1n) is 4.90. The summed E-state index contributed by atoms with van der Waals surface area (Å²) in [5.41, 5.74) is 0. The molecule has 1 aliphatic heterocycles. The van der Waals surface area contributed by atoms with Crippen LogP contribution in [0.15, 0.2) is 0 Å². The van der Waals surface area contributed by atoms with Gasteiger partial charge in [0.25, 0.3) is 0 Å². The number of likely N-dealkylation sites (tertiary alicyclic amines) is 1. The zero-order valence-electron chi connectivity index (χ0n) is 7.84. The molecule has 0 saturated carbocycles. The summed E-state index contributed by atoms with van der Waals surface area (Å²) in [5.74, 6) is 0. The van der Waals surface area contributed by atoms with Crippen LogP contribution in [0.1, 0.15) is 39.5 Å². The molecule has 1 heterocycles. The van der Waals surface area contributed by atoms with Gasteiger partial charge >= 0.3 is 0 Å². The summed E-state index contributed by atoms with van der Waals surface area (Å²) in [6.07, 6.45) is 7.79. The summed E-state index contributed by atoms with van der Waals surface area (Å²) in [6.45, 7) is 7.15. The Labute approximate surface area is 70.8 Å². The van der Waals surface area contributed by atoms with E-state index in [0.29, 0.717) is 0 Å². The molecule has 1 heteroatoms. The van der Waals surface area contributed by atoms with Crippen molar-refractivity contribution in [1.82, 2.24) is 4.90 Å². The smallest absolute Gasteiger partial charge is 0.00670 e. The molecule has 0 aromatic carbocycles. The Morgan fingerprint density at radius 1 is 1.55 bits per heavy atom. The lowest BCUT2D eigenvalue weighted by Crippen LogP contribution is -2.29. The van der Waals surface area contributed by atoms with Crippen molar-refractivity contribution in [1.29, 1.82) is 0 Å². The molecular weight excluding hydrogens is 134 g/mol. The topological polar surface area (TPSA) is 3.24 Å². The molecule has 1 rings (SSSR count). The van der Waals surface area contributed by atoms with Crippen LogP contribution in [0.5, 0.6) is 0 Å². The number of rotatable bonds is 4. The maximum Gasteiger partial charge on any atom is 0.00670 e. The Hall–Kier alpha value is -0.0400. The van der Waals surface area contributed by atoms with Gasteiger partial charge in [0, 0.05) is 12.6 Å². The van der Waals surface area contributed by atoms with Crippen molar-refractivity contribution in [2.75, 3.05) is 13.1 Å². The Morgan fingerprint density at radius 2 is 2.36 bits per heavy atom. The molecule has 11 heavy (non-hydrogen) atoms. The third-order valence-corrected chi connectivity index (χ3v) is 2.58. The molecule has 0 spiro atoms. The second kappa shape index (κ2) is 4.76. The third-order valence-electron chi connectivity index (χ3n) is 2.58. The van der Waals surface area contributed by atoms with Crippen LogP contribution in [0.3, 0.4) is 0 Å². The fourth-order valence-corrected chi connectivity index (χ4v) is 1.69. The van der Waals surface area contributed by atoms with Crippen LogP contribution >= 0.6 is 0 Å². The lowest BCUT2D eigenvalue weighted by Gasteiger charge is -2.23. The van der Waals surface area contributed by atoms with E-state index in [-0.39, 0.29) is 0 Å². The molecule has 0 bridgehead atoms. The van der Waals surface area contributed by atoms with E-state index in [2.05, 4.69) is 25.2 Å². The second-order valence-corrected chi connectivity index (χ2v) is 3.56. The van der Waals surface area contributed by atoms with Gasteiger partial charge in [0.1, 0.15) is 0 Å². The molecule has 1 radical (unpaired) electrons. The average molecular weight is 154 g/mol. The van der Waals surface area contributed by atoms with E-state index in [1.807, 2.05) is 0 Å². The molecule has 1 saturated heterocycles. The summed E-state index contributed by atoms with van der Waals surface area (Å²) in [4.78, 5) is 2.58. The number of nitrogens with zero attached hydrogens (tertiary/aromatic N) is 1. The predicted molar refractivity (Wildman–Crippen MR) is 49.5 cm³/mol. The Balaban J connectivity index is 2.12. The maximum atomic E-state index is 2.58. The molecule has 0 amide bonds. The highest BCUT2D eigenvalue weighted by molar-refractivity contribution is 4.83. The lowest BCUT2D eigenvalue weighted by atomic mass is 10.1. The van der Waals surface area contributed by atoms with Gasteiger partial charge in [0.2, 0.25) is 0 Å². The van der Waals surface area contributed by atoms with Crippen LogP contribution in [0.25, 0.3) is 0 Å². The van der Waals surface area contributed by atoms with Gasteiger partial charge in [-0.1, -0.05) is 19.8 Å². The fraction of sp³-hybridized carbons (Fsp3) is 0.900. The van der Waals surface area contributed by atoms with Crippen LogP contribution in [-0.2, 0) is 0 Å². The zero-order valence-corrected chi connectivity index (χ0v) is 7.84. The monoisotopic (exact) mass is 154 g/mol. The van der Waals surface area contributed by atoms with Crippen molar-refractivity contribution in [3.05, 3.63) is 6.42 Å². The van der Waals surface area contributed by atoms with Crippen molar-refractivity contribution in [2.45, 2.75) is 45.6 Å².